The van der Waals surface area contributed by atoms with Crippen LogP contribution in [-0.4, -0.2) is 42.3 Å². The average Bonchev–Trinajstić information content (AvgIpc) is 2.52. The number of rotatable bonds is 2. The molecule has 0 bridgehead atoms. The second-order valence-corrected chi connectivity index (χ2v) is 5.49. The summed E-state index contributed by atoms with van der Waals surface area (Å²) in [7, 11) is 0. The van der Waals surface area contributed by atoms with Crippen molar-refractivity contribution in [3.05, 3.63) is 11.6 Å². The molecular formula is C14H23NO4. The molecule has 1 aliphatic rings. The molecule has 5 heteroatoms. The Kier molecular flexibility index (Phi) is 5.39. The monoisotopic (exact) mass is 269 g/mol. The number of nitrogens with zero attached hydrogens (tertiary/aromatic N) is 1. The Labute approximate surface area is 114 Å². The summed E-state index contributed by atoms with van der Waals surface area (Å²) in [5.74, 6) is -0.349. The van der Waals surface area contributed by atoms with Gasteiger partial charge in [0, 0.05) is 6.54 Å². The van der Waals surface area contributed by atoms with Crippen molar-refractivity contribution in [1.29, 1.82) is 0 Å². The van der Waals surface area contributed by atoms with Crippen LogP contribution in [0, 0.1) is 0 Å². The van der Waals surface area contributed by atoms with Crippen LogP contribution in [0.2, 0.25) is 0 Å². The molecule has 0 saturated heterocycles. The molecule has 0 unspecified atom stereocenters. The molecule has 5 nitrogen and oxygen atoms in total. The molecule has 108 valence electrons. The minimum Gasteiger partial charge on any atom is -0.463 e. The van der Waals surface area contributed by atoms with E-state index in [4.69, 9.17) is 9.47 Å². The molecule has 0 fully saturated rings. The molecule has 0 radical (unpaired) electrons. The fourth-order valence-electron chi connectivity index (χ4n) is 1.76. The Morgan fingerprint density at radius 2 is 2.05 bits per heavy atom. The molecule has 0 atom stereocenters. The maximum atomic E-state index is 12.0. The minimum absolute atomic E-state index is 0.258. The fraction of sp³-hybridized carbons (Fsp3) is 0.714. The predicted octanol–water partition coefficient (Wildman–Crippen LogP) is 2.51. The summed E-state index contributed by atoms with van der Waals surface area (Å²) in [5.41, 5.74) is 0.00204. The smallest absolute Gasteiger partial charge is 0.410 e. The van der Waals surface area contributed by atoms with Crippen molar-refractivity contribution < 1.29 is 19.1 Å². The van der Waals surface area contributed by atoms with E-state index in [-0.39, 0.29) is 18.6 Å². The van der Waals surface area contributed by atoms with Gasteiger partial charge in [-0.05, 0) is 40.5 Å². The number of ether oxygens (including phenoxy) is 2. The lowest BCUT2D eigenvalue weighted by Crippen LogP contribution is -2.38. The Hall–Kier alpha value is -1.52. The second-order valence-electron chi connectivity index (χ2n) is 5.49. The number of esters is 1. The van der Waals surface area contributed by atoms with E-state index in [2.05, 4.69) is 0 Å². The van der Waals surface area contributed by atoms with Crippen LogP contribution in [0.15, 0.2) is 11.6 Å². The van der Waals surface area contributed by atoms with Gasteiger partial charge in [-0.3, -0.25) is 0 Å². The molecule has 1 rings (SSSR count). The van der Waals surface area contributed by atoms with Gasteiger partial charge in [0.05, 0.1) is 18.7 Å². The Balaban J connectivity index is 2.68. The van der Waals surface area contributed by atoms with Crippen LogP contribution in [0.1, 0.15) is 40.5 Å². The molecular weight excluding hydrogens is 246 g/mol. The predicted molar refractivity (Wildman–Crippen MR) is 71.8 cm³/mol. The summed E-state index contributed by atoms with van der Waals surface area (Å²) in [5, 5.41) is 0. The van der Waals surface area contributed by atoms with Crippen molar-refractivity contribution in [3.8, 4) is 0 Å². The number of carbonyl (C=O) groups excluding carboxylic acids is 2. The third-order valence-corrected chi connectivity index (χ3v) is 2.57. The first-order valence-electron chi connectivity index (χ1n) is 6.67. The van der Waals surface area contributed by atoms with E-state index in [0.29, 0.717) is 18.7 Å². The van der Waals surface area contributed by atoms with E-state index in [0.717, 1.165) is 12.8 Å². The van der Waals surface area contributed by atoms with Gasteiger partial charge < -0.3 is 14.4 Å². The van der Waals surface area contributed by atoms with Gasteiger partial charge in [0.1, 0.15) is 5.60 Å². The lowest BCUT2D eigenvalue weighted by molar-refractivity contribution is -0.138. The summed E-state index contributed by atoms with van der Waals surface area (Å²) >= 11 is 0. The SMILES string of the molecule is CCOC(=O)C1=CCCCN(C(=O)OC(C)(C)C)C1. The summed E-state index contributed by atoms with van der Waals surface area (Å²) < 4.78 is 10.3. The minimum atomic E-state index is -0.531. The van der Waals surface area contributed by atoms with Crippen LogP contribution in [0.3, 0.4) is 0 Å². The first kappa shape index (κ1) is 15.5. The molecule has 1 amide bonds. The molecule has 0 spiro atoms. The van der Waals surface area contributed by atoms with Crippen molar-refractivity contribution in [3.63, 3.8) is 0 Å². The van der Waals surface area contributed by atoms with Gasteiger partial charge in [-0.25, -0.2) is 9.59 Å². The van der Waals surface area contributed by atoms with Crippen LogP contribution < -0.4 is 0 Å². The number of amides is 1. The first-order valence-corrected chi connectivity index (χ1v) is 6.67. The topological polar surface area (TPSA) is 55.8 Å². The van der Waals surface area contributed by atoms with Crippen LogP contribution in [0.25, 0.3) is 0 Å². The Morgan fingerprint density at radius 3 is 2.63 bits per heavy atom. The summed E-state index contributed by atoms with van der Waals surface area (Å²) in [6.07, 6.45) is 3.06. The van der Waals surface area contributed by atoms with E-state index in [9.17, 15) is 9.59 Å². The van der Waals surface area contributed by atoms with Gasteiger partial charge >= 0.3 is 12.1 Å². The quantitative estimate of drug-likeness (QED) is 0.723. The van der Waals surface area contributed by atoms with E-state index in [1.807, 2.05) is 26.8 Å². The molecule has 0 aromatic rings. The molecule has 1 aliphatic heterocycles. The largest absolute Gasteiger partial charge is 0.463 e. The van der Waals surface area contributed by atoms with Crippen molar-refractivity contribution in [2.24, 2.45) is 0 Å². The Bertz CT molecular complexity index is 368. The molecule has 0 aliphatic carbocycles. The van der Waals surface area contributed by atoms with E-state index in [1.165, 1.54) is 0 Å². The van der Waals surface area contributed by atoms with Crippen molar-refractivity contribution in [1.82, 2.24) is 4.90 Å². The highest BCUT2D eigenvalue weighted by molar-refractivity contribution is 5.89. The normalized spacial score (nSPS) is 16.4. The molecule has 1 heterocycles. The van der Waals surface area contributed by atoms with Crippen molar-refractivity contribution in [2.75, 3.05) is 19.7 Å². The lowest BCUT2D eigenvalue weighted by Gasteiger charge is -2.26. The van der Waals surface area contributed by atoms with E-state index < -0.39 is 5.60 Å². The van der Waals surface area contributed by atoms with Gasteiger partial charge in [-0.2, -0.15) is 0 Å². The van der Waals surface area contributed by atoms with Crippen LogP contribution in [-0.2, 0) is 14.3 Å². The summed E-state index contributed by atoms with van der Waals surface area (Å²) in [6, 6.07) is 0. The lowest BCUT2D eigenvalue weighted by atomic mass is 10.2. The number of allylic oxidation sites excluding steroid dienone is 1. The van der Waals surface area contributed by atoms with E-state index in [1.54, 1.807) is 11.8 Å². The molecule has 0 aromatic heterocycles. The molecule has 0 saturated carbocycles. The number of hydrogen-bond donors (Lipinski definition) is 0. The van der Waals surface area contributed by atoms with Gasteiger partial charge in [0.2, 0.25) is 0 Å². The standard InChI is InChI=1S/C14H23NO4/c1-5-18-12(16)11-8-6-7-9-15(10-11)13(17)19-14(2,3)4/h8H,5-7,9-10H2,1-4H3. The molecule has 0 aromatic carbocycles. The van der Waals surface area contributed by atoms with Gasteiger partial charge in [0.15, 0.2) is 0 Å². The maximum absolute atomic E-state index is 12.0. The van der Waals surface area contributed by atoms with Crippen LogP contribution in [0.4, 0.5) is 4.79 Å². The number of hydrogen-bond acceptors (Lipinski definition) is 4. The molecule has 0 N–H and O–H groups in total. The average molecular weight is 269 g/mol. The highest BCUT2D eigenvalue weighted by Gasteiger charge is 2.25. The summed E-state index contributed by atoms with van der Waals surface area (Å²) in [6.45, 7) is 8.42. The summed E-state index contributed by atoms with van der Waals surface area (Å²) in [4.78, 5) is 25.3. The Morgan fingerprint density at radius 1 is 1.37 bits per heavy atom. The zero-order chi connectivity index (χ0) is 14.5. The zero-order valence-electron chi connectivity index (χ0n) is 12.2. The second kappa shape index (κ2) is 6.59. The highest BCUT2D eigenvalue weighted by Crippen LogP contribution is 2.16. The van der Waals surface area contributed by atoms with Crippen LogP contribution >= 0.6 is 0 Å². The van der Waals surface area contributed by atoms with Gasteiger partial charge in [-0.15, -0.1) is 0 Å². The van der Waals surface area contributed by atoms with Crippen molar-refractivity contribution in [2.45, 2.75) is 46.1 Å². The van der Waals surface area contributed by atoms with Crippen molar-refractivity contribution >= 4 is 12.1 Å². The fourth-order valence-corrected chi connectivity index (χ4v) is 1.76. The maximum Gasteiger partial charge on any atom is 0.410 e. The molecule has 19 heavy (non-hydrogen) atoms. The third kappa shape index (κ3) is 5.32. The number of carbonyl (C=O) groups is 2. The van der Waals surface area contributed by atoms with Gasteiger partial charge in [-0.1, -0.05) is 6.08 Å². The van der Waals surface area contributed by atoms with Crippen LogP contribution in [0.5, 0.6) is 0 Å². The van der Waals surface area contributed by atoms with Gasteiger partial charge in [0.25, 0.3) is 0 Å². The zero-order valence-corrected chi connectivity index (χ0v) is 12.2. The first-order chi connectivity index (χ1) is 8.83. The third-order valence-electron chi connectivity index (χ3n) is 2.57. The van der Waals surface area contributed by atoms with E-state index >= 15 is 0 Å². The highest BCUT2D eigenvalue weighted by atomic mass is 16.6.